The smallest absolute Gasteiger partial charge is 0.340 e. The Morgan fingerprint density at radius 2 is 1.74 bits per heavy atom. The lowest BCUT2D eigenvalue weighted by Gasteiger charge is -2.45. The van der Waals surface area contributed by atoms with Crippen LogP contribution < -0.4 is 5.32 Å². The van der Waals surface area contributed by atoms with Crippen LogP contribution in [-0.2, 0) is 20.8 Å². The van der Waals surface area contributed by atoms with E-state index in [1.54, 1.807) is 35.2 Å². The molecule has 0 aromatic heterocycles. The maximum Gasteiger partial charge on any atom is 0.416 e. The summed E-state index contributed by atoms with van der Waals surface area (Å²) in [6, 6.07) is 11.8. The molecule has 3 aliphatic rings. The van der Waals surface area contributed by atoms with Gasteiger partial charge >= 0.3 is 6.18 Å². The molecule has 0 unspecified atom stereocenters. The van der Waals surface area contributed by atoms with Crippen molar-refractivity contribution in [2.24, 2.45) is 11.8 Å². The zero-order chi connectivity index (χ0) is 30.9. The van der Waals surface area contributed by atoms with E-state index < -0.39 is 33.5 Å². The molecule has 5 rings (SSSR count). The highest BCUT2D eigenvalue weighted by molar-refractivity contribution is 7.91. The normalized spacial score (nSPS) is 25.0. The summed E-state index contributed by atoms with van der Waals surface area (Å²) in [6.45, 7) is 5.69. The molecule has 43 heavy (non-hydrogen) atoms. The van der Waals surface area contributed by atoms with Crippen molar-refractivity contribution >= 4 is 21.7 Å². The summed E-state index contributed by atoms with van der Waals surface area (Å²) in [5, 5.41) is 2.63. The highest BCUT2D eigenvalue weighted by atomic mass is 32.2. The van der Waals surface area contributed by atoms with E-state index in [9.17, 15) is 31.2 Å². The fraction of sp³-hybridized carbons (Fsp3) is 0.562. The van der Waals surface area contributed by atoms with E-state index in [1.165, 1.54) is 25.0 Å². The number of likely N-dealkylation sites (tertiary alicyclic amines) is 1. The minimum atomic E-state index is -4.59. The fourth-order valence-corrected chi connectivity index (χ4v) is 8.43. The number of hydrogen-bond donors (Lipinski definition) is 1. The van der Waals surface area contributed by atoms with E-state index in [0.717, 1.165) is 25.1 Å². The van der Waals surface area contributed by atoms with Crippen molar-refractivity contribution in [1.82, 2.24) is 15.1 Å². The minimum Gasteiger partial charge on any atom is -0.340 e. The van der Waals surface area contributed by atoms with Crippen LogP contribution in [0.5, 0.6) is 0 Å². The van der Waals surface area contributed by atoms with E-state index in [2.05, 4.69) is 24.1 Å². The first-order valence-corrected chi connectivity index (χ1v) is 16.8. The molecule has 2 aromatic carbocycles. The third-order valence-corrected chi connectivity index (χ3v) is 11.0. The van der Waals surface area contributed by atoms with Crippen molar-refractivity contribution in [3.8, 4) is 0 Å². The van der Waals surface area contributed by atoms with E-state index in [0.29, 0.717) is 37.8 Å². The van der Waals surface area contributed by atoms with Gasteiger partial charge in [-0.2, -0.15) is 13.2 Å². The summed E-state index contributed by atoms with van der Waals surface area (Å²) < 4.78 is 66.6. The highest BCUT2D eigenvalue weighted by Gasteiger charge is 2.45. The van der Waals surface area contributed by atoms with Gasteiger partial charge < -0.3 is 10.2 Å². The molecule has 2 saturated carbocycles. The molecule has 2 aliphatic carbocycles. The zero-order valence-corrected chi connectivity index (χ0v) is 25.4. The topological polar surface area (TPSA) is 86.8 Å². The maximum absolute atomic E-state index is 13.6. The fourth-order valence-electron chi connectivity index (χ4n) is 6.74. The maximum atomic E-state index is 13.6. The van der Waals surface area contributed by atoms with Crippen LogP contribution in [0.25, 0.3) is 0 Å². The van der Waals surface area contributed by atoms with Crippen LogP contribution in [0.3, 0.4) is 0 Å². The number of amides is 2. The Bertz CT molecular complexity index is 1410. The first-order valence-electron chi connectivity index (χ1n) is 15.2. The van der Waals surface area contributed by atoms with Gasteiger partial charge in [-0.15, -0.1) is 0 Å². The van der Waals surface area contributed by atoms with Gasteiger partial charge in [0.2, 0.25) is 5.91 Å². The van der Waals surface area contributed by atoms with Crippen molar-refractivity contribution in [2.75, 3.05) is 18.8 Å². The van der Waals surface area contributed by atoms with Gasteiger partial charge in [0.15, 0.2) is 9.84 Å². The Morgan fingerprint density at radius 3 is 2.40 bits per heavy atom. The van der Waals surface area contributed by atoms with Crippen molar-refractivity contribution in [1.29, 1.82) is 0 Å². The quantitative estimate of drug-likeness (QED) is 0.397. The van der Waals surface area contributed by atoms with Crippen LogP contribution in [0, 0.1) is 11.8 Å². The van der Waals surface area contributed by atoms with Gasteiger partial charge in [-0.25, -0.2) is 8.42 Å². The SMILES string of the molecule is CC(C)N(CC1CC1)[C@@H]1CC[C@H](N2CC[C@H](NC(=O)c3cccc(C(F)(F)F)c3)C2=O)[C@H](CS(=O)(=O)c2ccccc2)C1. The van der Waals surface area contributed by atoms with Crippen LogP contribution in [0.4, 0.5) is 13.2 Å². The van der Waals surface area contributed by atoms with Gasteiger partial charge in [0.1, 0.15) is 6.04 Å². The summed E-state index contributed by atoms with van der Waals surface area (Å²) >= 11 is 0. The van der Waals surface area contributed by atoms with Crippen LogP contribution in [-0.4, -0.2) is 73.0 Å². The molecule has 2 amide bonds. The van der Waals surface area contributed by atoms with Crippen molar-refractivity contribution < 1.29 is 31.2 Å². The molecule has 2 aromatic rings. The standard InChI is InChI=1S/C32H40F3N3O4S/c1-21(2)38(19-22-11-12-22)26-13-14-29(24(18-26)20-43(41,42)27-9-4-3-5-10-27)37-16-15-28(31(37)40)36-30(39)23-7-6-8-25(17-23)32(33,34)35/h3-10,17,21-22,24,26,28-29H,11-16,18-20H2,1-2H3,(H,36,39)/t24-,26+,28-,29-/m0/s1. The van der Waals surface area contributed by atoms with Gasteiger partial charge in [0.05, 0.1) is 16.2 Å². The summed E-state index contributed by atoms with van der Waals surface area (Å²) in [7, 11) is -3.62. The first-order chi connectivity index (χ1) is 20.3. The highest BCUT2D eigenvalue weighted by Crippen LogP contribution is 2.38. The second-order valence-corrected chi connectivity index (χ2v) is 14.6. The average molecular weight is 620 g/mol. The van der Waals surface area contributed by atoms with Crippen molar-refractivity contribution in [2.45, 2.75) is 87.6 Å². The molecule has 1 heterocycles. The third kappa shape index (κ3) is 7.42. The number of carbonyl (C=O) groups is 2. The van der Waals surface area contributed by atoms with E-state index in [4.69, 9.17) is 0 Å². The number of sulfone groups is 1. The Kier molecular flexibility index (Phi) is 9.23. The van der Waals surface area contributed by atoms with Gasteiger partial charge in [-0.05, 0) is 94.5 Å². The molecule has 0 bridgehead atoms. The average Bonchev–Trinajstić information content (AvgIpc) is 3.73. The second-order valence-electron chi connectivity index (χ2n) is 12.5. The van der Waals surface area contributed by atoms with Gasteiger partial charge in [0.25, 0.3) is 5.91 Å². The molecule has 1 saturated heterocycles. The van der Waals surface area contributed by atoms with Crippen molar-refractivity contribution in [3.05, 3.63) is 65.7 Å². The number of alkyl halides is 3. The number of carbonyl (C=O) groups excluding carboxylic acids is 2. The molecule has 0 radical (unpaired) electrons. The lowest BCUT2D eigenvalue weighted by Crippen LogP contribution is -2.54. The Hall–Kier alpha value is -2.92. The molecule has 11 heteroatoms. The number of benzene rings is 2. The summed E-state index contributed by atoms with van der Waals surface area (Å²) in [4.78, 5) is 31.0. The molecule has 4 atom stereocenters. The summed E-state index contributed by atoms with van der Waals surface area (Å²) in [5.74, 6) is -0.756. The number of halogens is 3. The lowest BCUT2D eigenvalue weighted by atomic mass is 9.80. The van der Waals surface area contributed by atoms with Crippen molar-refractivity contribution in [3.63, 3.8) is 0 Å². The van der Waals surface area contributed by atoms with Gasteiger partial charge in [-0.1, -0.05) is 24.3 Å². The molecule has 1 aliphatic heterocycles. The van der Waals surface area contributed by atoms with E-state index in [1.807, 2.05) is 0 Å². The van der Waals surface area contributed by atoms with Crippen LogP contribution in [0.2, 0.25) is 0 Å². The molecule has 234 valence electrons. The molecule has 0 spiro atoms. The Labute approximate surface area is 251 Å². The number of nitrogens with zero attached hydrogens (tertiary/aromatic N) is 2. The minimum absolute atomic E-state index is 0.0847. The lowest BCUT2D eigenvalue weighted by molar-refractivity contribution is -0.137. The van der Waals surface area contributed by atoms with Gasteiger partial charge in [0, 0.05) is 36.8 Å². The second kappa shape index (κ2) is 12.6. The largest absolute Gasteiger partial charge is 0.416 e. The van der Waals surface area contributed by atoms with Crippen LogP contribution in [0.1, 0.15) is 68.3 Å². The number of hydrogen-bond acceptors (Lipinski definition) is 5. The zero-order valence-electron chi connectivity index (χ0n) is 24.6. The summed E-state index contributed by atoms with van der Waals surface area (Å²) in [5.41, 5.74) is -1.10. The molecular formula is C32H40F3N3O4S. The number of rotatable bonds is 10. The Balaban J connectivity index is 1.33. The molecule has 3 fully saturated rings. The summed E-state index contributed by atoms with van der Waals surface area (Å²) in [6.07, 6.45) is 0.290. The van der Waals surface area contributed by atoms with Crippen LogP contribution >= 0.6 is 0 Å². The molecule has 7 nitrogen and oxygen atoms in total. The van der Waals surface area contributed by atoms with Gasteiger partial charge in [-0.3, -0.25) is 14.5 Å². The molecular weight excluding hydrogens is 579 g/mol. The predicted octanol–water partition coefficient (Wildman–Crippen LogP) is 5.17. The first kappa shape index (κ1) is 31.5. The number of nitrogens with one attached hydrogen (secondary N) is 1. The predicted molar refractivity (Wildman–Crippen MR) is 157 cm³/mol. The van der Waals surface area contributed by atoms with E-state index in [-0.39, 0.29) is 40.1 Å². The molecule has 1 N–H and O–H groups in total. The van der Waals surface area contributed by atoms with Crippen LogP contribution in [0.15, 0.2) is 59.5 Å². The van der Waals surface area contributed by atoms with E-state index >= 15 is 0 Å². The monoisotopic (exact) mass is 619 g/mol. The third-order valence-electron chi connectivity index (χ3n) is 9.15. The Morgan fingerprint density at radius 1 is 1.02 bits per heavy atom.